The number of fused-ring (bicyclic) bond motifs is 5. The van der Waals surface area contributed by atoms with Gasteiger partial charge < -0.3 is 9.84 Å². The summed E-state index contributed by atoms with van der Waals surface area (Å²) in [7, 11) is 0. The van der Waals surface area contributed by atoms with Crippen LogP contribution in [0.3, 0.4) is 0 Å². The molecule has 0 radical (unpaired) electrons. The normalized spacial score (nSPS) is 41.2. The summed E-state index contributed by atoms with van der Waals surface area (Å²) >= 11 is 0. The summed E-state index contributed by atoms with van der Waals surface area (Å²) in [4.78, 5) is 36.2. The van der Waals surface area contributed by atoms with Crippen molar-refractivity contribution in [1.82, 2.24) is 0 Å². The molecule has 0 aromatic carbocycles. The van der Waals surface area contributed by atoms with E-state index in [9.17, 15) is 19.5 Å². The van der Waals surface area contributed by atoms with Gasteiger partial charge in [-0.25, -0.2) is 0 Å². The van der Waals surface area contributed by atoms with Crippen molar-refractivity contribution in [2.75, 3.05) is 6.61 Å². The van der Waals surface area contributed by atoms with E-state index in [4.69, 9.17) is 4.74 Å². The van der Waals surface area contributed by atoms with E-state index in [0.717, 1.165) is 18.4 Å². The first-order valence-corrected chi connectivity index (χ1v) is 10.9. The number of ketones is 2. The summed E-state index contributed by atoms with van der Waals surface area (Å²) in [5.41, 5.74) is -0.0690. The van der Waals surface area contributed by atoms with E-state index in [2.05, 4.69) is 26.8 Å². The number of allylic oxidation sites excluding steroid dienone is 6. The third kappa shape index (κ3) is 2.74. The summed E-state index contributed by atoms with van der Waals surface area (Å²) < 4.78 is 4.93. The van der Waals surface area contributed by atoms with E-state index >= 15 is 0 Å². The van der Waals surface area contributed by atoms with Crippen molar-refractivity contribution < 1.29 is 24.2 Å². The first-order chi connectivity index (χ1) is 13.8. The maximum atomic E-state index is 12.9. The van der Waals surface area contributed by atoms with Gasteiger partial charge >= 0.3 is 5.97 Å². The molecule has 2 saturated carbocycles. The first kappa shape index (κ1) is 21.2. The number of hydrogen-bond acceptors (Lipinski definition) is 5. The largest absolute Gasteiger partial charge is 0.458 e. The maximum absolute atomic E-state index is 12.9. The van der Waals surface area contributed by atoms with Gasteiger partial charge in [0.25, 0.3) is 0 Å². The average molecular weight is 413 g/mol. The summed E-state index contributed by atoms with van der Waals surface area (Å²) in [6.45, 7) is 9.49. The number of carbonyl (C=O) groups is 3. The minimum absolute atomic E-state index is 0.0431. The van der Waals surface area contributed by atoms with Crippen molar-refractivity contribution in [3.05, 3.63) is 35.5 Å². The van der Waals surface area contributed by atoms with E-state index < -0.39 is 22.8 Å². The third-order valence-electron chi connectivity index (χ3n) is 8.57. The molecule has 2 fully saturated rings. The van der Waals surface area contributed by atoms with Crippen LogP contribution in [0.5, 0.6) is 0 Å². The highest BCUT2D eigenvalue weighted by Gasteiger charge is 2.65. The van der Waals surface area contributed by atoms with Crippen LogP contribution in [-0.4, -0.2) is 34.9 Å². The van der Waals surface area contributed by atoms with Crippen LogP contribution in [0.4, 0.5) is 0 Å². The number of esters is 1. The van der Waals surface area contributed by atoms with Crippen molar-refractivity contribution in [3.63, 3.8) is 0 Å². The third-order valence-corrected chi connectivity index (χ3v) is 8.57. The summed E-state index contributed by atoms with van der Waals surface area (Å²) in [5, 5.41) is 11.5. The fourth-order valence-electron chi connectivity index (χ4n) is 7.01. The van der Waals surface area contributed by atoms with Crippen LogP contribution in [-0.2, 0) is 19.1 Å². The van der Waals surface area contributed by atoms with Gasteiger partial charge in [0.2, 0.25) is 5.78 Å². The molecule has 0 spiro atoms. The highest BCUT2D eigenvalue weighted by atomic mass is 16.5. The molecule has 4 aliphatic carbocycles. The van der Waals surface area contributed by atoms with Gasteiger partial charge in [0, 0.05) is 17.8 Å². The van der Waals surface area contributed by atoms with E-state index in [-0.39, 0.29) is 35.1 Å². The Morgan fingerprint density at radius 3 is 2.60 bits per heavy atom. The second-order valence-electron chi connectivity index (χ2n) is 10.7. The van der Waals surface area contributed by atoms with Crippen LogP contribution < -0.4 is 0 Å². The Hall–Kier alpha value is -2.01. The smallest absolute Gasteiger partial charge is 0.303 e. The summed E-state index contributed by atoms with van der Waals surface area (Å²) in [6, 6.07) is 0. The fourth-order valence-corrected chi connectivity index (χ4v) is 7.01. The summed E-state index contributed by atoms with van der Waals surface area (Å²) in [5.74, 6) is -0.481. The number of carbonyl (C=O) groups excluding carboxylic acids is 3. The molecule has 5 nitrogen and oxygen atoms in total. The van der Waals surface area contributed by atoms with Crippen LogP contribution >= 0.6 is 0 Å². The number of ether oxygens (including phenoxy) is 1. The molecule has 4 rings (SSSR count). The molecule has 0 aromatic heterocycles. The monoisotopic (exact) mass is 412 g/mol. The van der Waals surface area contributed by atoms with E-state index in [1.54, 1.807) is 12.2 Å². The Bertz CT molecular complexity index is 922. The lowest BCUT2D eigenvalue weighted by Crippen LogP contribution is -2.56. The molecule has 0 amide bonds. The Labute approximate surface area is 178 Å². The highest BCUT2D eigenvalue weighted by Crippen LogP contribution is 2.67. The van der Waals surface area contributed by atoms with Crippen LogP contribution in [0, 0.1) is 28.1 Å². The molecule has 5 heteroatoms. The van der Waals surface area contributed by atoms with Crippen LogP contribution in [0.25, 0.3) is 0 Å². The molecular formula is C25H32O5. The minimum atomic E-state index is -1.49. The molecule has 0 bridgehead atoms. The Morgan fingerprint density at radius 2 is 1.93 bits per heavy atom. The van der Waals surface area contributed by atoms with Crippen molar-refractivity contribution in [2.45, 2.75) is 65.9 Å². The molecule has 0 aliphatic heterocycles. The SMILES string of the molecule is CC(=O)OCC(=O)[C@@]1(O)CCC2C3CC(C)(C)C4=CC(=O)C=C[C@]4(C)C3=CC[C@@]21C. The van der Waals surface area contributed by atoms with Crippen LogP contribution in [0.2, 0.25) is 0 Å². The predicted octanol–water partition coefficient (Wildman–Crippen LogP) is 3.71. The quantitative estimate of drug-likeness (QED) is 0.564. The van der Waals surface area contributed by atoms with Gasteiger partial charge in [0.1, 0.15) is 5.60 Å². The van der Waals surface area contributed by atoms with Crippen molar-refractivity contribution in [1.29, 1.82) is 0 Å². The lowest BCUT2D eigenvalue weighted by molar-refractivity contribution is -0.162. The lowest BCUT2D eigenvalue weighted by Gasteiger charge is -2.57. The minimum Gasteiger partial charge on any atom is -0.458 e. The van der Waals surface area contributed by atoms with Gasteiger partial charge in [0.15, 0.2) is 12.4 Å². The van der Waals surface area contributed by atoms with E-state index in [1.807, 2.05) is 13.0 Å². The van der Waals surface area contributed by atoms with Gasteiger partial charge in [-0.05, 0) is 67.6 Å². The van der Waals surface area contributed by atoms with Crippen LogP contribution in [0.15, 0.2) is 35.5 Å². The number of Topliss-reactive ketones (excluding diaryl/α,β-unsaturated/α-hetero) is 1. The first-order valence-electron chi connectivity index (χ1n) is 10.9. The van der Waals surface area contributed by atoms with Crippen LogP contribution in [0.1, 0.15) is 60.3 Å². The topological polar surface area (TPSA) is 80.7 Å². The lowest BCUT2D eigenvalue weighted by atomic mass is 9.47. The van der Waals surface area contributed by atoms with E-state index in [1.165, 1.54) is 12.5 Å². The molecule has 0 saturated heterocycles. The van der Waals surface area contributed by atoms with Crippen molar-refractivity contribution >= 4 is 17.5 Å². The highest BCUT2D eigenvalue weighted by molar-refractivity contribution is 6.01. The molecule has 0 aromatic rings. The molecule has 4 aliphatic rings. The predicted molar refractivity (Wildman–Crippen MR) is 112 cm³/mol. The molecule has 5 atom stereocenters. The van der Waals surface area contributed by atoms with Gasteiger partial charge in [-0.15, -0.1) is 0 Å². The zero-order valence-corrected chi connectivity index (χ0v) is 18.6. The zero-order chi connectivity index (χ0) is 22.1. The average Bonchev–Trinajstić information content (AvgIpc) is 2.93. The van der Waals surface area contributed by atoms with Crippen molar-refractivity contribution in [2.24, 2.45) is 28.1 Å². The zero-order valence-electron chi connectivity index (χ0n) is 18.6. The molecular weight excluding hydrogens is 380 g/mol. The summed E-state index contributed by atoms with van der Waals surface area (Å²) in [6.07, 6.45) is 10.4. The Kier molecular flexibility index (Phi) is 4.59. The molecule has 0 heterocycles. The van der Waals surface area contributed by atoms with Gasteiger partial charge in [-0.1, -0.05) is 38.5 Å². The molecule has 1 N–H and O–H groups in total. The second kappa shape index (κ2) is 6.49. The number of aliphatic hydroxyl groups is 1. The van der Waals surface area contributed by atoms with Gasteiger partial charge in [-0.3, -0.25) is 14.4 Å². The molecule has 2 unspecified atom stereocenters. The molecule has 30 heavy (non-hydrogen) atoms. The molecule has 162 valence electrons. The maximum Gasteiger partial charge on any atom is 0.303 e. The Morgan fingerprint density at radius 1 is 1.23 bits per heavy atom. The Balaban J connectivity index is 1.74. The number of hydrogen-bond donors (Lipinski definition) is 1. The van der Waals surface area contributed by atoms with Gasteiger partial charge in [0.05, 0.1) is 0 Å². The standard InChI is InChI=1S/C25H32O5/c1-15(26)30-14-21(28)25(29)11-8-19-17-13-22(2,3)20-12-16(27)6-9-23(20,4)18(17)7-10-24(19,25)5/h6-7,9,12,17,19,29H,8,10-11,13-14H2,1-5H3/t17?,19?,23-,24+,25+/m1/s1. The second-order valence-corrected chi connectivity index (χ2v) is 10.7. The fraction of sp³-hybridized carbons (Fsp3) is 0.640. The van der Waals surface area contributed by atoms with E-state index in [0.29, 0.717) is 12.8 Å². The van der Waals surface area contributed by atoms with Gasteiger partial charge in [-0.2, -0.15) is 0 Å². The number of rotatable bonds is 3. The van der Waals surface area contributed by atoms with Crippen molar-refractivity contribution in [3.8, 4) is 0 Å².